The molecule has 0 aromatic heterocycles. The highest BCUT2D eigenvalue weighted by molar-refractivity contribution is 5.74. The average molecular weight is 447 g/mol. The second kappa shape index (κ2) is 8.73. The van der Waals surface area contributed by atoms with Gasteiger partial charge in [0.1, 0.15) is 30.0 Å². The SMILES string of the molecule is Cc1cc2c(c(C)c1-c1cccc(COc3ccc4c(c3)OCC4CC(O)O)c1)CC(C)O2. The molecule has 2 aliphatic heterocycles. The molecule has 0 spiro atoms. The van der Waals surface area contributed by atoms with Crippen LogP contribution in [-0.4, -0.2) is 29.2 Å². The summed E-state index contributed by atoms with van der Waals surface area (Å²) in [6, 6.07) is 16.4. The van der Waals surface area contributed by atoms with Gasteiger partial charge in [0.05, 0.1) is 6.61 Å². The van der Waals surface area contributed by atoms with E-state index in [-0.39, 0.29) is 18.4 Å². The fourth-order valence-electron chi connectivity index (χ4n) is 5.12. The van der Waals surface area contributed by atoms with Crippen molar-refractivity contribution in [2.24, 2.45) is 0 Å². The van der Waals surface area contributed by atoms with Crippen LogP contribution in [0.15, 0.2) is 48.5 Å². The van der Waals surface area contributed by atoms with E-state index < -0.39 is 6.29 Å². The van der Waals surface area contributed by atoms with Crippen molar-refractivity contribution in [1.82, 2.24) is 0 Å². The molecule has 2 unspecified atom stereocenters. The Morgan fingerprint density at radius 2 is 1.91 bits per heavy atom. The molecule has 0 amide bonds. The summed E-state index contributed by atoms with van der Waals surface area (Å²) < 4.78 is 17.8. The Morgan fingerprint density at radius 1 is 1.06 bits per heavy atom. The molecule has 5 nitrogen and oxygen atoms in total. The summed E-state index contributed by atoms with van der Waals surface area (Å²) in [5.41, 5.74) is 8.39. The van der Waals surface area contributed by atoms with Gasteiger partial charge in [0, 0.05) is 36.0 Å². The summed E-state index contributed by atoms with van der Waals surface area (Å²) in [5.74, 6) is 2.52. The summed E-state index contributed by atoms with van der Waals surface area (Å²) in [5, 5.41) is 18.5. The van der Waals surface area contributed by atoms with Gasteiger partial charge in [-0.3, -0.25) is 0 Å². The van der Waals surface area contributed by atoms with Crippen molar-refractivity contribution < 1.29 is 24.4 Å². The molecule has 33 heavy (non-hydrogen) atoms. The first-order valence-electron chi connectivity index (χ1n) is 11.5. The fraction of sp³-hybridized carbons (Fsp3) is 0.357. The van der Waals surface area contributed by atoms with E-state index in [1.54, 1.807) is 0 Å². The van der Waals surface area contributed by atoms with Crippen LogP contribution in [0.25, 0.3) is 11.1 Å². The van der Waals surface area contributed by atoms with Crippen molar-refractivity contribution in [2.75, 3.05) is 6.61 Å². The minimum Gasteiger partial charge on any atom is -0.493 e. The first kappa shape index (κ1) is 21.8. The Hall–Kier alpha value is -3.02. The molecule has 2 N–H and O–H groups in total. The molecule has 0 saturated heterocycles. The zero-order valence-electron chi connectivity index (χ0n) is 19.3. The van der Waals surface area contributed by atoms with E-state index in [9.17, 15) is 10.2 Å². The lowest BCUT2D eigenvalue weighted by molar-refractivity contribution is -0.0506. The van der Waals surface area contributed by atoms with Gasteiger partial charge in [-0.15, -0.1) is 0 Å². The molecule has 0 saturated carbocycles. The van der Waals surface area contributed by atoms with Crippen LogP contribution in [0.3, 0.4) is 0 Å². The molecular weight excluding hydrogens is 416 g/mol. The molecule has 0 bridgehead atoms. The van der Waals surface area contributed by atoms with Gasteiger partial charge in [0.25, 0.3) is 0 Å². The van der Waals surface area contributed by atoms with Gasteiger partial charge in [0.15, 0.2) is 6.29 Å². The number of hydrogen-bond acceptors (Lipinski definition) is 5. The summed E-state index contributed by atoms with van der Waals surface area (Å²) in [7, 11) is 0. The molecule has 3 aromatic carbocycles. The number of aliphatic hydroxyl groups is 2. The third-order valence-electron chi connectivity index (χ3n) is 6.67. The second-order valence-corrected chi connectivity index (χ2v) is 9.22. The van der Waals surface area contributed by atoms with Crippen molar-refractivity contribution in [2.45, 2.75) is 58.5 Å². The van der Waals surface area contributed by atoms with E-state index in [1.165, 1.54) is 27.8 Å². The normalized spacial score (nSPS) is 18.6. The highest BCUT2D eigenvalue weighted by atomic mass is 16.5. The van der Waals surface area contributed by atoms with Gasteiger partial charge in [0.2, 0.25) is 0 Å². The maximum absolute atomic E-state index is 9.27. The number of hydrogen-bond donors (Lipinski definition) is 2. The molecule has 5 heteroatoms. The molecular formula is C28H30O5. The number of benzene rings is 3. The summed E-state index contributed by atoms with van der Waals surface area (Å²) in [4.78, 5) is 0. The number of aliphatic hydroxyl groups excluding tert-OH is 1. The Labute approximate surface area is 194 Å². The van der Waals surface area contributed by atoms with Gasteiger partial charge >= 0.3 is 0 Å². The molecule has 2 atom stereocenters. The monoisotopic (exact) mass is 446 g/mol. The molecule has 3 aromatic rings. The van der Waals surface area contributed by atoms with E-state index in [0.29, 0.717) is 13.2 Å². The lowest BCUT2D eigenvalue weighted by Gasteiger charge is -2.15. The third kappa shape index (κ3) is 4.31. The molecule has 172 valence electrons. The van der Waals surface area contributed by atoms with Crippen LogP contribution in [0.1, 0.15) is 47.1 Å². The average Bonchev–Trinajstić information content (AvgIpc) is 3.35. The van der Waals surface area contributed by atoms with Crippen LogP contribution in [0.2, 0.25) is 0 Å². The Bertz CT molecular complexity index is 1180. The van der Waals surface area contributed by atoms with Gasteiger partial charge in [-0.2, -0.15) is 0 Å². The number of fused-ring (bicyclic) bond motifs is 2. The summed E-state index contributed by atoms with van der Waals surface area (Å²) in [6.07, 6.45) is 0.123. The number of aryl methyl sites for hydroxylation is 1. The minimum atomic E-state index is -1.33. The highest BCUT2D eigenvalue weighted by Gasteiger charge is 2.26. The van der Waals surface area contributed by atoms with E-state index >= 15 is 0 Å². The number of ether oxygens (including phenoxy) is 3. The Morgan fingerprint density at radius 3 is 2.73 bits per heavy atom. The van der Waals surface area contributed by atoms with Crippen molar-refractivity contribution >= 4 is 0 Å². The zero-order valence-corrected chi connectivity index (χ0v) is 19.3. The van der Waals surface area contributed by atoms with Crippen molar-refractivity contribution in [3.63, 3.8) is 0 Å². The van der Waals surface area contributed by atoms with Crippen LogP contribution in [0, 0.1) is 13.8 Å². The fourth-order valence-corrected chi connectivity index (χ4v) is 5.12. The maximum Gasteiger partial charge on any atom is 0.152 e. The second-order valence-electron chi connectivity index (χ2n) is 9.22. The summed E-state index contributed by atoms with van der Waals surface area (Å²) in [6.45, 7) is 7.37. The van der Waals surface area contributed by atoms with Crippen LogP contribution in [0.4, 0.5) is 0 Å². The molecule has 2 heterocycles. The predicted molar refractivity (Wildman–Crippen MR) is 127 cm³/mol. The van der Waals surface area contributed by atoms with Crippen LogP contribution in [-0.2, 0) is 13.0 Å². The minimum absolute atomic E-state index is 0.00193. The van der Waals surface area contributed by atoms with E-state index in [4.69, 9.17) is 14.2 Å². The lowest BCUT2D eigenvalue weighted by Crippen LogP contribution is -2.12. The van der Waals surface area contributed by atoms with Crippen molar-refractivity contribution in [3.05, 3.63) is 76.3 Å². The Balaban J connectivity index is 1.33. The van der Waals surface area contributed by atoms with Crippen molar-refractivity contribution in [3.8, 4) is 28.4 Å². The van der Waals surface area contributed by atoms with Gasteiger partial charge in [-0.1, -0.05) is 24.3 Å². The van der Waals surface area contributed by atoms with Gasteiger partial charge in [-0.25, -0.2) is 0 Å². The molecule has 0 radical (unpaired) electrons. The maximum atomic E-state index is 9.27. The van der Waals surface area contributed by atoms with Crippen LogP contribution < -0.4 is 14.2 Å². The van der Waals surface area contributed by atoms with E-state index in [2.05, 4.69) is 51.1 Å². The van der Waals surface area contributed by atoms with Crippen molar-refractivity contribution in [1.29, 1.82) is 0 Å². The Kier molecular flexibility index (Phi) is 5.77. The van der Waals surface area contributed by atoms with E-state index in [0.717, 1.165) is 34.8 Å². The zero-order chi connectivity index (χ0) is 23.1. The first-order chi connectivity index (χ1) is 15.9. The molecule has 0 fully saturated rings. The molecule has 0 aliphatic carbocycles. The third-order valence-corrected chi connectivity index (χ3v) is 6.67. The molecule has 5 rings (SSSR count). The standard InChI is InChI=1S/C28H30O5/c1-16-9-26-24(10-17(2)33-26)18(3)28(16)20-6-4-5-19(11-20)14-31-22-7-8-23-21(12-27(29)30)15-32-25(23)13-22/h4-9,11,13,17,21,27,29-30H,10,12,14-15H2,1-3H3. The largest absolute Gasteiger partial charge is 0.493 e. The molecule has 2 aliphatic rings. The van der Waals surface area contributed by atoms with Crippen LogP contribution >= 0.6 is 0 Å². The van der Waals surface area contributed by atoms with Gasteiger partial charge in [-0.05, 0) is 66.8 Å². The lowest BCUT2D eigenvalue weighted by atomic mass is 9.90. The van der Waals surface area contributed by atoms with Crippen LogP contribution in [0.5, 0.6) is 17.2 Å². The first-order valence-corrected chi connectivity index (χ1v) is 11.5. The van der Waals surface area contributed by atoms with E-state index in [1.807, 2.05) is 18.2 Å². The summed E-state index contributed by atoms with van der Waals surface area (Å²) >= 11 is 0. The predicted octanol–water partition coefficient (Wildman–Crippen LogP) is 5.05. The van der Waals surface area contributed by atoms with Gasteiger partial charge < -0.3 is 24.4 Å². The number of rotatable bonds is 6. The quantitative estimate of drug-likeness (QED) is 0.519. The topological polar surface area (TPSA) is 68.2 Å². The highest BCUT2D eigenvalue weighted by Crippen LogP contribution is 2.40. The smallest absolute Gasteiger partial charge is 0.152 e.